The lowest BCUT2D eigenvalue weighted by atomic mass is 9.80. The van der Waals surface area contributed by atoms with Gasteiger partial charge in [-0.2, -0.15) is 39.5 Å². The van der Waals surface area contributed by atoms with Crippen LogP contribution in [0, 0.1) is 11.8 Å². The van der Waals surface area contributed by atoms with Crippen molar-refractivity contribution in [2.24, 2.45) is 11.8 Å². The number of carboxylic acid groups (broad SMARTS) is 1. The van der Waals surface area contributed by atoms with Crippen molar-refractivity contribution >= 4 is 5.97 Å². The molecule has 3 rings (SSSR count). The SMILES string of the molecule is CC(NCC1CCC(CC(=O)O)CC1)c1ccc(C(F)(F)F)cc1CN[C@@H](C)c1cc(C(F)(F)F)cc(C(F)(F)F)c1. The minimum absolute atomic E-state index is 0.0209. The molecule has 1 fully saturated rings. The molecular weight excluding hydrogens is 579 g/mol. The highest BCUT2D eigenvalue weighted by Crippen LogP contribution is 2.38. The Morgan fingerprint density at radius 3 is 1.79 bits per heavy atom. The van der Waals surface area contributed by atoms with E-state index < -0.39 is 53.3 Å². The van der Waals surface area contributed by atoms with E-state index in [-0.39, 0.29) is 42.0 Å². The van der Waals surface area contributed by atoms with Gasteiger partial charge in [0.05, 0.1) is 16.7 Å². The maximum Gasteiger partial charge on any atom is 0.416 e. The van der Waals surface area contributed by atoms with Crippen molar-refractivity contribution in [3.8, 4) is 0 Å². The van der Waals surface area contributed by atoms with Crippen LogP contribution in [0.15, 0.2) is 36.4 Å². The number of benzene rings is 2. The molecule has 234 valence electrons. The average molecular weight is 613 g/mol. The van der Waals surface area contributed by atoms with E-state index >= 15 is 0 Å². The summed E-state index contributed by atoms with van der Waals surface area (Å²) < 4.78 is 120. The number of hydrogen-bond donors (Lipinski definition) is 3. The molecule has 1 aliphatic carbocycles. The zero-order chi connectivity index (χ0) is 31.5. The molecule has 0 aliphatic heterocycles. The van der Waals surface area contributed by atoms with Crippen LogP contribution in [0.1, 0.15) is 91.4 Å². The summed E-state index contributed by atoms with van der Waals surface area (Å²) in [6, 6.07) is 2.91. The minimum atomic E-state index is -5.03. The Kier molecular flexibility index (Phi) is 10.6. The van der Waals surface area contributed by atoms with Crippen LogP contribution in [-0.2, 0) is 29.9 Å². The molecule has 1 unspecified atom stereocenters. The van der Waals surface area contributed by atoms with Crippen molar-refractivity contribution in [1.29, 1.82) is 0 Å². The summed E-state index contributed by atoms with van der Waals surface area (Å²) >= 11 is 0. The molecule has 13 heteroatoms. The standard InChI is InChI=1S/C29H33F9N2O2/c1-16(20-10-23(28(33,34)35)13-24(11-20)29(36,37)38)40-15-21-12-22(27(30,31)32)7-8-25(21)17(2)39-14-19-5-3-18(4-6-19)9-26(41)42/h7-8,10-13,16-19,39-40H,3-6,9,14-15H2,1-2H3,(H,41,42)/t16-,17?,18?,19?/m0/s1. The molecule has 4 nitrogen and oxygen atoms in total. The van der Waals surface area contributed by atoms with Crippen LogP contribution >= 0.6 is 0 Å². The lowest BCUT2D eigenvalue weighted by Gasteiger charge is -2.29. The molecule has 2 aromatic carbocycles. The Labute approximate surface area is 237 Å². The number of carbonyl (C=O) groups is 1. The molecule has 0 spiro atoms. The molecule has 42 heavy (non-hydrogen) atoms. The summed E-state index contributed by atoms with van der Waals surface area (Å²) in [7, 11) is 0. The average Bonchev–Trinajstić information content (AvgIpc) is 2.89. The van der Waals surface area contributed by atoms with E-state index in [1.54, 1.807) is 6.92 Å². The summed E-state index contributed by atoms with van der Waals surface area (Å²) in [6.45, 7) is 3.40. The van der Waals surface area contributed by atoms with Gasteiger partial charge in [-0.05, 0) is 105 Å². The van der Waals surface area contributed by atoms with Crippen LogP contribution in [0.5, 0.6) is 0 Å². The molecule has 0 bridgehead atoms. The lowest BCUT2D eigenvalue weighted by molar-refractivity contribution is -0.143. The normalized spacial score (nSPS) is 19.9. The molecule has 0 heterocycles. The van der Waals surface area contributed by atoms with Crippen LogP contribution in [0.4, 0.5) is 39.5 Å². The van der Waals surface area contributed by atoms with Gasteiger partial charge in [0.15, 0.2) is 0 Å². The first-order chi connectivity index (χ1) is 19.3. The molecule has 0 amide bonds. The highest BCUT2D eigenvalue weighted by Gasteiger charge is 2.37. The van der Waals surface area contributed by atoms with Gasteiger partial charge in [-0.1, -0.05) is 6.07 Å². The van der Waals surface area contributed by atoms with Gasteiger partial charge in [0.25, 0.3) is 0 Å². The van der Waals surface area contributed by atoms with E-state index in [1.807, 2.05) is 0 Å². The highest BCUT2D eigenvalue weighted by molar-refractivity contribution is 5.67. The predicted molar refractivity (Wildman–Crippen MR) is 137 cm³/mol. The summed E-state index contributed by atoms with van der Waals surface area (Å²) in [5.74, 6) is -0.455. The van der Waals surface area contributed by atoms with Gasteiger partial charge >= 0.3 is 24.5 Å². The second kappa shape index (κ2) is 13.2. The van der Waals surface area contributed by atoms with Crippen molar-refractivity contribution in [2.45, 2.75) is 83.1 Å². The molecule has 0 aromatic heterocycles. The van der Waals surface area contributed by atoms with Crippen LogP contribution in [0.2, 0.25) is 0 Å². The predicted octanol–water partition coefficient (Wildman–Crippen LogP) is 8.53. The fourth-order valence-electron chi connectivity index (χ4n) is 5.31. The quantitative estimate of drug-likeness (QED) is 0.236. The number of carboxylic acids is 1. The fourth-order valence-corrected chi connectivity index (χ4v) is 5.31. The van der Waals surface area contributed by atoms with Crippen LogP contribution in [-0.4, -0.2) is 17.6 Å². The van der Waals surface area contributed by atoms with Crippen LogP contribution < -0.4 is 10.6 Å². The van der Waals surface area contributed by atoms with Crippen molar-refractivity contribution in [2.75, 3.05) is 6.54 Å². The Bertz CT molecular complexity index is 1180. The second-order valence-corrected chi connectivity index (χ2v) is 11.0. The monoisotopic (exact) mass is 612 g/mol. The van der Waals surface area contributed by atoms with Gasteiger partial charge in [0, 0.05) is 25.0 Å². The Hall–Kier alpha value is -2.80. The molecule has 1 saturated carbocycles. The summed E-state index contributed by atoms with van der Waals surface area (Å²) in [5.41, 5.74) is -3.49. The summed E-state index contributed by atoms with van der Waals surface area (Å²) in [5, 5.41) is 15.1. The van der Waals surface area contributed by atoms with E-state index in [0.717, 1.165) is 37.8 Å². The molecule has 1 aliphatic rings. The van der Waals surface area contributed by atoms with Gasteiger partial charge in [-0.3, -0.25) is 4.79 Å². The number of alkyl halides is 9. The van der Waals surface area contributed by atoms with Crippen LogP contribution in [0.3, 0.4) is 0 Å². The number of nitrogens with one attached hydrogen (secondary N) is 2. The third-order valence-electron chi connectivity index (χ3n) is 7.79. The van der Waals surface area contributed by atoms with E-state index in [1.165, 1.54) is 13.0 Å². The number of rotatable bonds is 10. The molecule has 0 saturated heterocycles. The van der Waals surface area contributed by atoms with E-state index in [2.05, 4.69) is 10.6 Å². The molecular formula is C29H33F9N2O2. The Balaban J connectivity index is 1.77. The summed E-state index contributed by atoms with van der Waals surface area (Å²) in [6.07, 6.45) is -11.4. The number of halogens is 9. The molecule has 2 atom stereocenters. The zero-order valence-corrected chi connectivity index (χ0v) is 23.0. The van der Waals surface area contributed by atoms with Crippen molar-refractivity contribution in [1.82, 2.24) is 10.6 Å². The number of aliphatic carboxylic acids is 1. The Morgan fingerprint density at radius 1 is 0.762 bits per heavy atom. The van der Waals surface area contributed by atoms with Crippen molar-refractivity contribution in [3.63, 3.8) is 0 Å². The minimum Gasteiger partial charge on any atom is -0.481 e. The zero-order valence-electron chi connectivity index (χ0n) is 23.0. The third-order valence-corrected chi connectivity index (χ3v) is 7.79. The molecule has 0 radical (unpaired) electrons. The van der Waals surface area contributed by atoms with Gasteiger partial charge in [-0.15, -0.1) is 0 Å². The van der Waals surface area contributed by atoms with Crippen LogP contribution in [0.25, 0.3) is 0 Å². The first-order valence-electron chi connectivity index (χ1n) is 13.5. The third kappa shape index (κ3) is 9.35. The first-order valence-corrected chi connectivity index (χ1v) is 13.5. The topological polar surface area (TPSA) is 61.4 Å². The smallest absolute Gasteiger partial charge is 0.416 e. The van der Waals surface area contributed by atoms with E-state index in [4.69, 9.17) is 5.11 Å². The maximum absolute atomic E-state index is 13.5. The summed E-state index contributed by atoms with van der Waals surface area (Å²) in [4.78, 5) is 10.9. The molecule has 3 N–H and O–H groups in total. The second-order valence-electron chi connectivity index (χ2n) is 11.0. The van der Waals surface area contributed by atoms with E-state index in [9.17, 15) is 44.3 Å². The van der Waals surface area contributed by atoms with Crippen molar-refractivity contribution < 1.29 is 49.4 Å². The maximum atomic E-state index is 13.5. The lowest BCUT2D eigenvalue weighted by Crippen LogP contribution is -2.30. The van der Waals surface area contributed by atoms with Gasteiger partial charge in [0.2, 0.25) is 0 Å². The fraction of sp³-hybridized carbons (Fsp3) is 0.552. The largest absolute Gasteiger partial charge is 0.481 e. The molecule has 2 aromatic rings. The highest BCUT2D eigenvalue weighted by atomic mass is 19.4. The van der Waals surface area contributed by atoms with Gasteiger partial charge < -0.3 is 15.7 Å². The van der Waals surface area contributed by atoms with Crippen molar-refractivity contribution in [3.05, 3.63) is 69.8 Å². The van der Waals surface area contributed by atoms with E-state index in [0.29, 0.717) is 24.2 Å². The first kappa shape index (κ1) is 33.7. The van der Waals surface area contributed by atoms with Gasteiger partial charge in [-0.25, -0.2) is 0 Å². The Morgan fingerprint density at radius 2 is 1.29 bits per heavy atom. The van der Waals surface area contributed by atoms with Gasteiger partial charge in [0.1, 0.15) is 0 Å². The number of hydrogen-bond acceptors (Lipinski definition) is 3.